The van der Waals surface area contributed by atoms with E-state index in [4.69, 9.17) is 28.9 Å². The van der Waals surface area contributed by atoms with Gasteiger partial charge >= 0.3 is 0 Å². The smallest absolute Gasteiger partial charge is 0.238 e. The normalized spacial score (nSPS) is 13.7. The average molecular weight is 379 g/mol. The molecule has 0 aliphatic heterocycles. The lowest BCUT2D eigenvalue weighted by Crippen LogP contribution is -2.56. The van der Waals surface area contributed by atoms with Crippen molar-refractivity contribution in [1.29, 1.82) is 0 Å². The zero-order chi connectivity index (χ0) is 18.6. The largest absolute Gasteiger partial charge is 0.368 e. The molecule has 0 saturated heterocycles. The van der Waals surface area contributed by atoms with Gasteiger partial charge in [0.15, 0.2) is 0 Å². The summed E-state index contributed by atoms with van der Waals surface area (Å²) in [6.07, 6.45) is 2.21. The van der Waals surface area contributed by atoms with Crippen molar-refractivity contribution in [3.05, 3.63) is 58.1 Å². The van der Waals surface area contributed by atoms with E-state index < -0.39 is 5.54 Å². The van der Waals surface area contributed by atoms with Gasteiger partial charge in [-0.3, -0.25) is 9.69 Å². The number of carbonyl (C=O) groups excluding carboxylic acids is 1. The first-order valence-corrected chi connectivity index (χ1v) is 9.07. The van der Waals surface area contributed by atoms with Gasteiger partial charge in [0, 0.05) is 0 Å². The van der Waals surface area contributed by atoms with Crippen molar-refractivity contribution in [1.82, 2.24) is 4.90 Å². The highest BCUT2D eigenvalue weighted by Crippen LogP contribution is 2.30. The number of benzene rings is 2. The van der Waals surface area contributed by atoms with Gasteiger partial charge in [-0.25, -0.2) is 0 Å². The van der Waals surface area contributed by atoms with Gasteiger partial charge in [-0.2, -0.15) is 0 Å². The Morgan fingerprint density at radius 2 is 1.64 bits per heavy atom. The highest BCUT2D eigenvalue weighted by molar-refractivity contribution is 6.42. The molecule has 1 amide bonds. The van der Waals surface area contributed by atoms with Gasteiger partial charge in [0.25, 0.3) is 0 Å². The number of hydrogen-bond donors (Lipinski definition) is 1. The molecule has 3 nitrogen and oxygen atoms in total. The molecule has 0 heterocycles. The summed E-state index contributed by atoms with van der Waals surface area (Å²) in [5.41, 5.74) is 8.21. The van der Waals surface area contributed by atoms with E-state index in [1.807, 2.05) is 55.4 Å². The maximum atomic E-state index is 12.2. The molecule has 2 aromatic rings. The third kappa shape index (κ3) is 4.35. The lowest BCUT2D eigenvalue weighted by Gasteiger charge is -2.37. The van der Waals surface area contributed by atoms with Crippen molar-refractivity contribution < 1.29 is 4.79 Å². The van der Waals surface area contributed by atoms with Gasteiger partial charge in [-0.05, 0) is 55.8 Å². The molecule has 1 atom stereocenters. The fourth-order valence-electron chi connectivity index (χ4n) is 3.14. The maximum absolute atomic E-state index is 12.2. The molecule has 1 unspecified atom stereocenters. The van der Waals surface area contributed by atoms with E-state index in [1.54, 1.807) is 6.07 Å². The van der Waals surface area contributed by atoms with Gasteiger partial charge in [-0.15, -0.1) is 0 Å². The second-order valence-electron chi connectivity index (χ2n) is 6.54. The summed E-state index contributed by atoms with van der Waals surface area (Å²) in [4.78, 5) is 14.1. The van der Waals surface area contributed by atoms with Crippen LogP contribution in [-0.2, 0) is 11.2 Å². The monoisotopic (exact) mass is 378 g/mol. The number of likely N-dealkylation sites (N-methyl/N-ethyl adjacent to an activating group) is 1. The van der Waals surface area contributed by atoms with E-state index in [0.29, 0.717) is 16.5 Å². The van der Waals surface area contributed by atoms with Gasteiger partial charge in [0.05, 0.1) is 10.0 Å². The predicted molar refractivity (Wildman–Crippen MR) is 106 cm³/mol. The molecule has 134 valence electrons. The van der Waals surface area contributed by atoms with Crippen LogP contribution in [0.3, 0.4) is 0 Å². The minimum atomic E-state index is -0.667. The summed E-state index contributed by atoms with van der Waals surface area (Å²) in [7, 11) is 3.81. The number of primary amides is 1. The molecule has 25 heavy (non-hydrogen) atoms. The Kier molecular flexibility index (Phi) is 6.50. The molecule has 0 spiro atoms. The first-order valence-electron chi connectivity index (χ1n) is 8.32. The van der Waals surface area contributed by atoms with E-state index >= 15 is 0 Å². The number of halogens is 2. The van der Waals surface area contributed by atoms with Crippen molar-refractivity contribution in [2.24, 2.45) is 5.73 Å². The summed E-state index contributed by atoms with van der Waals surface area (Å²) >= 11 is 12.1. The van der Waals surface area contributed by atoms with Crippen molar-refractivity contribution >= 4 is 29.1 Å². The van der Waals surface area contributed by atoms with Crippen LogP contribution in [0.4, 0.5) is 0 Å². The zero-order valence-electron chi connectivity index (χ0n) is 14.9. The Balaban J connectivity index is 2.29. The van der Waals surface area contributed by atoms with E-state index in [1.165, 1.54) is 0 Å². The van der Waals surface area contributed by atoms with E-state index in [-0.39, 0.29) is 5.91 Å². The highest BCUT2D eigenvalue weighted by atomic mass is 35.5. The molecule has 0 aliphatic carbocycles. The first kappa shape index (κ1) is 19.8. The minimum absolute atomic E-state index is 0.284. The molecule has 0 fully saturated rings. The Hall–Kier alpha value is -1.55. The Morgan fingerprint density at radius 1 is 1.04 bits per heavy atom. The van der Waals surface area contributed by atoms with Crippen molar-refractivity contribution in [3.63, 3.8) is 0 Å². The lowest BCUT2D eigenvalue weighted by molar-refractivity contribution is -0.129. The highest BCUT2D eigenvalue weighted by Gasteiger charge is 2.38. The van der Waals surface area contributed by atoms with Crippen LogP contribution < -0.4 is 5.73 Å². The summed E-state index contributed by atoms with van der Waals surface area (Å²) in [5, 5.41) is 1.07. The number of rotatable bonds is 7. The Morgan fingerprint density at radius 3 is 2.12 bits per heavy atom. The number of hydrogen-bond acceptors (Lipinski definition) is 2. The van der Waals surface area contributed by atoms with E-state index in [9.17, 15) is 4.79 Å². The van der Waals surface area contributed by atoms with Crippen molar-refractivity contribution in [3.8, 4) is 11.1 Å². The summed E-state index contributed by atoms with van der Waals surface area (Å²) in [6, 6.07) is 13.7. The van der Waals surface area contributed by atoms with Gasteiger partial charge in [-0.1, -0.05) is 66.9 Å². The molecular formula is C20H24Cl2N2O. The van der Waals surface area contributed by atoms with Gasteiger partial charge in [0.1, 0.15) is 5.54 Å². The predicted octanol–water partition coefficient (Wildman–Crippen LogP) is 4.79. The summed E-state index contributed by atoms with van der Waals surface area (Å²) in [5.74, 6) is -0.284. The van der Waals surface area contributed by atoms with Crippen LogP contribution in [0.2, 0.25) is 10.0 Å². The van der Waals surface area contributed by atoms with Gasteiger partial charge in [0.2, 0.25) is 5.91 Å². The second kappa shape index (κ2) is 8.22. The van der Waals surface area contributed by atoms with Crippen LogP contribution in [0.5, 0.6) is 0 Å². The van der Waals surface area contributed by atoms with Crippen molar-refractivity contribution in [2.45, 2.75) is 31.7 Å². The molecular weight excluding hydrogens is 355 g/mol. The standard InChI is InChI=1S/C20H24Cl2N2O/c1-4-11-20(19(23)25,24(2)3)13-14-5-7-15(8-6-14)16-9-10-17(21)18(22)12-16/h5-10,12H,4,11,13H2,1-3H3,(H2,23,25). The van der Waals surface area contributed by atoms with Crippen LogP contribution >= 0.6 is 23.2 Å². The summed E-state index contributed by atoms with van der Waals surface area (Å²) < 4.78 is 0. The van der Waals surface area contributed by atoms with Gasteiger partial charge < -0.3 is 5.73 Å². The third-order valence-corrected chi connectivity index (χ3v) is 5.42. The van der Waals surface area contributed by atoms with E-state index in [2.05, 4.69) is 6.92 Å². The minimum Gasteiger partial charge on any atom is -0.368 e. The fraction of sp³-hybridized carbons (Fsp3) is 0.350. The second-order valence-corrected chi connectivity index (χ2v) is 7.36. The number of nitrogens with zero attached hydrogens (tertiary/aromatic N) is 1. The molecule has 0 radical (unpaired) electrons. The topological polar surface area (TPSA) is 46.3 Å². The summed E-state index contributed by atoms with van der Waals surface area (Å²) in [6.45, 7) is 2.06. The maximum Gasteiger partial charge on any atom is 0.238 e. The van der Waals surface area contributed by atoms with Crippen LogP contribution in [0.15, 0.2) is 42.5 Å². The molecule has 2 rings (SSSR count). The SMILES string of the molecule is CCCC(Cc1ccc(-c2ccc(Cl)c(Cl)c2)cc1)(C(N)=O)N(C)C. The quantitative estimate of drug-likeness (QED) is 0.752. The molecule has 0 aliphatic rings. The van der Waals surface area contributed by atoms with Crippen LogP contribution in [0.25, 0.3) is 11.1 Å². The Bertz CT molecular complexity index is 744. The van der Waals surface area contributed by atoms with Crippen LogP contribution in [0, 0.1) is 0 Å². The van der Waals surface area contributed by atoms with Crippen LogP contribution in [-0.4, -0.2) is 30.4 Å². The van der Waals surface area contributed by atoms with Crippen molar-refractivity contribution in [2.75, 3.05) is 14.1 Å². The Labute approximate surface area is 159 Å². The lowest BCUT2D eigenvalue weighted by atomic mass is 9.84. The molecule has 0 bridgehead atoms. The molecule has 0 aromatic heterocycles. The number of amides is 1. The first-order chi connectivity index (χ1) is 11.8. The van der Waals surface area contributed by atoms with E-state index in [0.717, 1.165) is 29.5 Å². The third-order valence-electron chi connectivity index (χ3n) is 4.68. The molecule has 0 saturated carbocycles. The average Bonchev–Trinajstić information content (AvgIpc) is 2.57. The zero-order valence-corrected chi connectivity index (χ0v) is 16.4. The molecule has 2 aromatic carbocycles. The molecule has 2 N–H and O–H groups in total. The number of nitrogens with two attached hydrogens (primary N) is 1. The van der Waals surface area contributed by atoms with Crippen LogP contribution in [0.1, 0.15) is 25.3 Å². The molecule has 5 heteroatoms. The number of carbonyl (C=O) groups is 1. The fourth-order valence-corrected chi connectivity index (χ4v) is 3.44.